The Hall–Kier alpha value is -0.350. The van der Waals surface area contributed by atoms with Gasteiger partial charge in [0.05, 0.1) is 5.52 Å². The molecule has 0 saturated heterocycles. The molecule has 12 heavy (non-hydrogen) atoms. The van der Waals surface area contributed by atoms with Crippen molar-refractivity contribution in [3.63, 3.8) is 0 Å². The third kappa shape index (κ3) is 1.19. The number of rotatable bonds is 0. The van der Waals surface area contributed by atoms with Crippen molar-refractivity contribution in [3.8, 4) is 0 Å². The average Bonchev–Trinajstić information content (AvgIpc) is 2.28. The second-order valence-electron chi connectivity index (χ2n) is 2.55. The number of nitrogens with zero attached hydrogens (tertiary/aromatic N) is 2. The van der Waals surface area contributed by atoms with Gasteiger partial charge in [-0.05, 0) is 50.9 Å². The first-order valence-corrected chi connectivity index (χ1v) is 5.07. The predicted octanol–water partition coefficient (Wildman–Crippen LogP) is 3.17. The lowest BCUT2D eigenvalue weighted by atomic mass is 10.4. The van der Waals surface area contributed by atoms with E-state index in [0.29, 0.717) is 0 Å². The van der Waals surface area contributed by atoms with Crippen molar-refractivity contribution in [2.45, 2.75) is 6.92 Å². The van der Waals surface area contributed by atoms with E-state index in [2.05, 4.69) is 36.8 Å². The predicted molar refractivity (Wildman–Crippen MR) is 55.3 cm³/mol. The molecule has 2 aromatic heterocycles. The van der Waals surface area contributed by atoms with Crippen LogP contribution in [-0.4, -0.2) is 9.38 Å². The summed E-state index contributed by atoms with van der Waals surface area (Å²) in [4.78, 5) is 4.29. The summed E-state index contributed by atoms with van der Waals surface area (Å²) in [5.41, 5.74) is 1.09. The van der Waals surface area contributed by atoms with Gasteiger partial charge in [-0.15, -0.1) is 0 Å². The van der Waals surface area contributed by atoms with Crippen LogP contribution in [0.1, 0.15) is 5.82 Å². The van der Waals surface area contributed by atoms with Gasteiger partial charge in [0.25, 0.3) is 0 Å². The van der Waals surface area contributed by atoms with Crippen molar-refractivity contribution in [3.05, 3.63) is 33.2 Å². The number of hydrogen-bond donors (Lipinski definition) is 0. The molecule has 0 N–H and O–H groups in total. The molecular formula is C8H6Br2N2. The van der Waals surface area contributed by atoms with E-state index in [1.807, 2.05) is 29.7 Å². The Morgan fingerprint density at radius 3 is 2.83 bits per heavy atom. The van der Waals surface area contributed by atoms with E-state index in [-0.39, 0.29) is 0 Å². The second-order valence-corrected chi connectivity index (χ2v) is 4.22. The summed E-state index contributed by atoms with van der Waals surface area (Å²) in [6.45, 7) is 1.98. The van der Waals surface area contributed by atoms with Crippen LogP contribution < -0.4 is 0 Å². The number of imidazole rings is 1. The summed E-state index contributed by atoms with van der Waals surface area (Å²) < 4.78 is 3.99. The largest absolute Gasteiger partial charge is 0.302 e. The van der Waals surface area contributed by atoms with Gasteiger partial charge in [-0.1, -0.05) is 0 Å². The van der Waals surface area contributed by atoms with Gasteiger partial charge in [-0.3, -0.25) is 0 Å². The van der Waals surface area contributed by atoms with Gasteiger partial charge in [0.1, 0.15) is 10.4 Å². The third-order valence-corrected chi connectivity index (χ3v) is 2.78. The van der Waals surface area contributed by atoms with E-state index in [1.54, 1.807) is 0 Å². The smallest absolute Gasteiger partial charge is 0.132 e. The SMILES string of the molecule is Cc1nc(Br)c2ccc(Br)cn12. The first-order chi connectivity index (χ1) is 5.68. The summed E-state index contributed by atoms with van der Waals surface area (Å²) >= 11 is 6.81. The number of aryl methyl sites for hydroxylation is 1. The average molecular weight is 290 g/mol. The fraction of sp³-hybridized carbons (Fsp3) is 0.125. The van der Waals surface area contributed by atoms with E-state index < -0.39 is 0 Å². The molecule has 0 atom stereocenters. The Labute approximate surface area is 86.9 Å². The van der Waals surface area contributed by atoms with Crippen LogP contribution in [0.3, 0.4) is 0 Å². The quantitative estimate of drug-likeness (QED) is 0.728. The van der Waals surface area contributed by atoms with Gasteiger partial charge in [-0.2, -0.15) is 0 Å². The Bertz CT molecular complexity index is 434. The minimum Gasteiger partial charge on any atom is -0.302 e. The molecule has 0 aliphatic carbocycles. The Balaban J connectivity index is 2.90. The molecule has 0 bridgehead atoms. The molecular weight excluding hydrogens is 284 g/mol. The molecule has 0 unspecified atom stereocenters. The fourth-order valence-corrected chi connectivity index (χ4v) is 2.08. The number of pyridine rings is 1. The molecule has 0 fully saturated rings. The van der Waals surface area contributed by atoms with Crippen LogP contribution in [0.15, 0.2) is 27.4 Å². The number of halogens is 2. The zero-order valence-corrected chi connectivity index (χ0v) is 9.55. The van der Waals surface area contributed by atoms with Crippen LogP contribution in [0.2, 0.25) is 0 Å². The number of fused-ring (bicyclic) bond motifs is 1. The lowest BCUT2D eigenvalue weighted by Crippen LogP contribution is -1.86. The van der Waals surface area contributed by atoms with Crippen molar-refractivity contribution >= 4 is 37.4 Å². The van der Waals surface area contributed by atoms with Gasteiger partial charge >= 0.3 is 0 Å². The van der Waals surface area contributed by atoms with E-state index in [0.717, 1.165) is 20.4 Å². The highest BCUT2D eigenvalue weighted by Crippen LogP contribution is 2.20. The van der Waals surface area contributed by atoms with Crippen LogP contribution in [0, 0.1) is 6.92 Å². The maximum Gasteiger partial charge on any atom is 0.132 e. The van der Waals surface area contributed by atoms with Crippen molar-refractivity contribution in [2.24, 2.45) is 0 Å². The normalized spacial score (nSPS) is 10.9. The van der Waals surface area contributed by atoms with Gasteiger partial charge in [0.15, 0.2) is 0 Å². The molecule has 0 aliphatic heterocycles. The Kier molecular flexibility index (Phi) is 1.96. The van der Waals surface area contributed by atoms with Gasteiger partial charge in [-0.25, -0.2) is 4.98 Å². The number of hydrogen-bond acceptors (Lipinski definition) is 1. The summed E-state index contributed by atoms with van der Waals surface area (Å²) in [5.74, 6) is 0.984. The summed E-state index contributed by atoms with van der Waals surface area (Å²) in [5, 5.41) is 0. The van der Waals surface area contributed by atoms with Crippen LogP contribution in [0.25, 0.3) is 5.52 Å². The molecule has 0 spiro atoms. The molecule has 0 amide bonds. The first kappa shape index (κ1) is 8.26. The molecule has 2 rings (SSSR count). The minimum absolute atomic E-state index is 0.896. The zero-order valence-electron chi connectivity index (χ0n) is 6.38. The monoisotopic (exact) mass is 288 g/mol. The molecule has 0 saturated carbocycles. The molecule has 2 nitrogen and oxygen atoms in total. The molecule has 62 valence electrons. The van der Waals surface area contributed by atoms with Crippen LogP contribution in [0.5, 0.6) is 0 Å². The third-order valence-electron chi connectivity index (χ3n) is 1.73. The van der Waals surface area contributed by atoms with E-state index in [1.165, 1.54) is 0 Å². The van der Waals surface area contributed by atoms with Crippen LogP contribution in [0.4, 0.5) is 0 Å². The molecule has 2 heterocycles. The fourth-order valence-electron chi connectivity index (χ4n) is 1.16. The van der Waals surface area contributed by atoms with Crippen molar-refractivity contribution in [1.29, 1.82) is 0 Å². The van der Waals surface area contributed by atoms with Crippen LogP contribution >= 0.6 is 31.9 Å². The maximum atomic E-state index is 4.29. The first-order valence-electron chi connectivity index (χ1n) is 3.48. The summed E-state index contributed by atoms with van der Waals surface area (Å²) in [6.07, 6.45) is 2.00. The molecule has 0 radical (unpaired) electrons. The molecule has 0 aromatic carbocycles. The van der Waals surface area contributed by atoms with Gasteiger partial charge in [0, 0.05) is 10.7 Å². The summed E-state index contributed by atoms with van der Waals surface area (Å²) in [6, 6.07) is 4.02. The van der Waals surface area contributed by atoms with Crippen molar-refractivity contribution < 1.29 is 0 Å². The highest BCUT2D eigenvalue weighted by atomic mass is 79.9. The molecule has 0 aliphatic rings. The standard InChI is InChI=1S/C8H6Br2N2/c1-5-11-8(10)7-3-2-6(9)4-12(5)7/h2-4H,1H3. The molecule has 2 aromatic rings. The second kappa shape index (κ2) is 2.85. The molecule has 4 heteroatoms. The number of aromatic nitrogens is 2. The zero-order chi connectivity index (χ0) is 8.72. The van der Waals surface area contributed by atoms with Gasteiger partial charge in [0.2, 0.25) is 0 Å². The van der Waals surface area contributed by atoms with Gasteiger partial charge < -0.3 is 4.40 Å². The topological polar surface area (TPSA) is 17.3 Å². The Morgan fingerprint density at radius 2 is 2.08 bits per heavy atom. The van der Waals surface area contributed by atoms with Crippen LogP contribution in [-0.2, 0) is 0 Å². The van der Waals surface area contributed by atoms with E-state index in [9.17, 15) is 0 Å². The lowest BCUT2D eigenvalue weighted by molar-refractivity contribution is 1.04. The van der Waals surface area contributed by atoms with Crippen molar-refractivity contribution in [1.82, 2.24) is 9.38 Å². The Morgan fingerprint density at radius 1 is 1.33 bits per heavy atom. The minimum atomic E-state index is 0.896. The van der Waals surface area contributed by atoms with E-state index in [4.69, 9.17) is 0 Å². The maximum absolute atomic E-state index is 4.29. The van der Waals surface area contributed by atoms with E-state index >= 15 is 0 Å². The summed E-state index contributed by atoms with van der Waals surface area (Å²) in [7, 11) is 0. The highest BCUT2D eigenvalue weighted by Gasteiger charge is 2.04. The van der Waals surface area contributed by atoms with Crippen molar-refractivity contribution in [2.75, 3.05) is 0 Å². The lowest BCUT2D eigenvalue weighted by Gasteiger charge is -1.95. The highest BCUT2D eigenvalue weighted by molar-refractivity contribution is 9.10.